The molecule has 3 heterocycles. The highest BCUT2D eigenvalue weighted by Gasteiger charge is 2.20. The molecule has 118 valence electrons. The first kappa shape index (κ1) is 15.4. The predicted molar refractivity (Wildman–Crippen MR) is 88.9 cm³/mol. The second-order valence-electron chi connectivity index (χ2n) is 5.76. The number of hydrogen-bond donors (Lipinski definition) is 0. The predicted octanol–water partition coefficient (Wildman–Crippen LogP) is 3.16. The summed E-state index contributed by atoms with van der Waals surface area (Å²) in [5, 5.41) is 9.59. The number of nitrogens with zero attached hydrogens (tertiary/aromatic N) is 4. The first-order valence-corrected chi connectivity index (χ1v) is 8.66. The van der Waals surface area contributed by atoms with E-state index in [-0.39, 0.29) is 0 Å². The number of aromatic nitrogens is 3. The van der Waals surface area contributed by atoms with E-state index < -0.39 is 0 Å². The Bertz CT molecular complexity index is 608. The van der Waals surface area contributed by atoms with Crippen LogP contribution in [0.4, 0.5) is 0 Å². The zero-order valence-corrected chi connectivity index (χ0v) is 13.8. The molecule has 0 aliphatic carbocycles. The molecule has 0 N–H and O–H groups in total. The summed E-state index contributed by atoms with van der Waals surface area (Å²) in [4.78, 5) is 2.41. The van der Waals surface area contributed by atoms with Crippen LogP contribution in [-0.4, -0.2) is 45.6 Å². The summed E-state index contributed by atoms with van der Waals surface area (Å²) in [7, 11) is 2.20. The number of hydrogen-bond acceptors (Lipinski definition) is 5. The van der Waals surface area contributed by atoms with Gasteiger partial charge in [-0.2, -0.15) is 0 Å². The fraction of sp³-hybridized carbons (Fsp3) is 0.500. The summed E-state index contributed by atoms with van der Waals surface area (Å²) in [5.74, 6) is 3.33. The molecule has 0 aromatic carbocycles. The largest absolute Gasteiger partial charge is 0.461 e. The van der Waals surface area contributed by atoms with Gasteiger partial charge in [0.15, 0.2) is 10.9 Å². The van der Waals surface area contributed by atoms with Gasteiger partial charge >= 0.3 is 0 Å². The smallest absolute Gasteiger partial charge is 0.200 e. The van der Waals surface area contributed by atoms with Gasteiger partial charge in [0.05, 0.1) is 6.26 Å². The van der Waals surface area contributed by atoms with Crippen LogP contribution in [0.1, 0.15) is 12.8 Å². The van der Waals surface area contributed by atoms with Crippen molar-refractivity contribution in [1.29, 1.82) is 0 Å². The van der Waals surface area contributed by atoms with Gasteiger partial charge in [0.25, 0.3) is 0 Å². The molecule has 3 rings (SSSR count). The molecule has 0 spiro atoms. The summed E-state index contributed by atoms with van der Waals surface area (Å²) in [6.45, 7) is 6.92. The summed E-state index contributed by atoms with van der Waals surface area (Å²) in [6.07, 6.45) is 6.12. The molecule has 1 unspecified atom stereocenters. The lowest BCUT2D eigenvalue weighted by Gasteiger charge is -2.29. The van der Waals surface area contributed by atoms with Gasteiger partial charge in [0.1, 0.15) is 0 Å². The van der Waals surface area contributed by atoms with Gasteiger partial charge < -0.3 is 9.32 Å². The Morgan fingerprint density at radius 2 is 2.41 bits per heavy atom. The Hall–Kier alpha value is -1.53. The number of allylic oxidation sites excluding steroid dienone is 1. The molecule has 1 atom stereocenters. The summed E-state index contributed by atoms with van der Waals surface area (Å²) in [6, 6.07) is 3.78. The molecule has 2 aromatic rings. The minimum atomic E-state index is 0.690. The number of rotatable bonds is 6. The maximum absolute atomic E-state index is 5.45. The molecule has 0 bridgehead atoms. The fourth-order valence-electron chi connectivity index (χ4n) is 2.88. The van der Waals surface area contributed by atoms with E-state index in [1.807, 2.05) is 18.2 Å². The van der Waals surface area contributed by atoms with E-state index in [1.165, 1.54) is 25.9 Å². The van der Waals surface area contributed by atoms with Crippen LogP contribution in [0.2, 0.25) is 0 Å². The molecular weight excluding hydrogens is 296 g/mol. The van der Waals surface area contributed by atoms with E-state index >= 15 is 0 Å². The standard InChI is InChI=1S/C16H22N4OS/c1-3-8-20-15(14-7-5-10-21-14)17-18-16(20)22-12-13-6-4-9-19(2)11-13/h3,5,7,10,13H,1,4,6,8-9,11-12H2,2H3. The maximum atomic E-state index is 5.45. The molecular formula is C16H22N4OS. The van der Waals surface area contributed by atoms with Crippen molar-refractivity contribution in [3.63, 3.8) is 0 Å². The third-order valence-corrected chi connectivity index (χ3v) is 5.14. The first-order valence-electron chi connectivity index (χ1n) is 7.67. The zero-order valence-electron chi connectivity index (χ0n) is 12.9. The molecule has 0 amide bonds. The normalized spacial score (nSPS) is 19.4. The third kappa shape index (κ3) is 3.44. The van der Waals surface area contributed by atoms with Crippen molar-refractivity contribution in [2.75, 3.05) is 25.9 Å². The highest BCUT2D eigenvalue weighted by molar-refractivity contribution is 7.99. The average Bonchev–Trinajstić information content (AvgIpc) is 3.15. The van der Waals surface area contributed by atoms with Gasteiger partial charge in [0, 0.05) is 18.8 Å². The lowest BCUT2D eigenvalue weighted by atomic mass is 10.0. The highest BCUT2D eigenvalue weighted by Crippen LogP contribution is 2.28. The summed E-state index contributed by atoms with van der Waals surface area (Å²) < 4.78 is 7.53. The van der Waals surface area contributed by atoms with E-state index in [1.54, 1.807) is 18.0 Å². The number of furan rings is 1. The molecule has 0 saturated carbocycles. The number of likely N-dealkylation sites (tertiary alicyclic amines) is 1. The Morgan fingerprint density at radius 3 is 3.14 bits per heavy atom. The zero-order chi connectivity index (χ0) is 15.4. The van der Waals surface area contributed by atoms with Gasteiger partial charge in [-0.05, 0) is 44.5 Å². The molecule has 1 saturated heterocycles. The van der Waals surface area contributed by atoms with Crippen LogP contribution in [0.3, 0.4) is 0 Å². The maximum Gasteiger partial charge on any atom is 0.200 e. The minimum Gasteiger partial charge on any atom is -0.461 e. The molecule has 5 nitrogen and oxygen atoms in total. The molecule has 2 aromatic heterocycles. The minimum absolute atomic E-state index is 0.690. The van der Waals surface area contributed by atoms with Crippen LogP contribution < -0.4 is 0 Å². The van der Waals surface area contributed by atoms with E-state index in [4.69, 9.17) is 4.42 Å². The van der Waals surface area contributed by atoms with E-state index in [2.05, 4.69) is 33.3 Å². The van der Waals surface area contributed by atoms with Gasteiger partial charge in [-0.3, -0.25) is 4.57 Å². The Kier molecular flexibility index (Phi) is 5.00. The summed E-state index contributed by atoms with van der Waals surface area (Å²) in [5.41, 5.74) is 0. The summed E-state index contributed by atoms with van der Waals surface area (Å²) >= 11 is 1.79. The van der Waals surface area contributed by atoms with E-state index in [9.17, 15) is 0 Å². The highest BCUT2D eigenvalue weighted by atomic mass is 32.2. The van der Waals surface area contributed by atoms with Crippen molar-refractivity contribution >= 4 is 11.8 Å². The topological polar surface area (TPSA) is 47.1 Å². The molecule has 1 fully saturated rings. The third-order valence-electron chi connectivity index (χ3n) is 3.94. The van der Waals surface area contributed by atoms with Crippen LogP contribution in [0.25, 0.3) is 11.6 Å². The van der Waals surface area contributed by atoms with Crippen molar-refractivity contribution < 1.29 is 4.42 Å². The van der Waals surface area contributed by atoms with Crippen LogP contribution >= 0.6 is 11.8 Å². The fourth-order valence-corrected chi connectivity index (χ4v) is 3.95. The van der Waals surface area contributed by atoms with Crippen molar-refractivity contribution in [3.05, 3.63) is 31.1 Å². The van der Waals surface area contributed by atoms with Crippen molar-refractivity contribution in [1.82, 2.24) is 19.7 Å². The van der Waals surface area contributed by atoms with Crippen LogP contribution in [0, 0.1) is 5.92 Å². The molecule has 22 heavy (non-hydrogen) atoms. The number of thioether (sulfide) groups is 1. The molecule has 0 radical (unpaired) electrons. The van der Waals surface area contributed by atoms with Crippen molar-refractivity contribution in [3.8, 4) is 11.6 Å². The van der Waals surface area contributed by atoms with Crippen molar-refractivity contribution in [2.24, 2.45) is 5.92 Å². The van der Waals surface area contributed by atoms with Gasteiger partial charge in [-0.1, -0.05) is 17.8 Å². The van der Waals surface area contributed by atoms with Gasteiger partial charge in [-0.15, -0.1) is 16.8 Å². The first-order chi connectivity index (χ1) is 10.8. The average molecular weight is 318 g/mol. The number of piperidine rings is 1. The molecule has 1 aliphatic rings. The SMILES string of the molecule is C=CCn1c(SCC2CCCN(C)C2)nnc1-c1ccco1. The van der Waals surface area contributed by atoms with Crippen LogP contribution in [-0.2, 0) is 6.54 Å². The Labute approximate surface area is 135 Å². The van der Waals surface area contributed by atoms with Gasteiger partial charge in [-0.25, -0.2) is 0 Å². The second kappa shape index (κ2) is 7.15. The van der Waals surface area contributed by atoms with Crippen molar-refractivity contribution in [2.45, 2.75) is 24.5 Å². The van der Waals surface area contributed by atoms with E-state index in [0.29, 0.717) is 6.54 Å². The lowest BCUT2D eigenvalue weighted by Crippen LogP contribution is -2.33. The molecule has 1 aliphatic heterocycles. The second-order valence-corrected chi connectivity index (χ2v) is 6.75. The lowest BCUT2D eigenvalue weighted by molar-refractivity contribution is 0.224. The van der Waals surface area contributed by atoms with Gasteiger partial charge in [0.2, 0.25) is 5.82 Å². The van der Waals surface area contributed by atoms with Crippen LogP contribution in [0.5, 0.6) is 0 Å². The monoisotopic (exact) mass is 318 g/mol. The molecule has 6 heteroatoms. The Morgan fingerprint density at radius 1 is 1.50 bits per heavy atom. The van der Waals surface area contributed by atoms with E-state index in [0.717, 1.165) is 28.4 Å². The Balaban J connectivity index is 1.71. The quantitative estimate of drug-likeness (QED) is 0.605. The van der Waals surface area contributed by atoms with Crippen LogP contribution in [0.15, 0.2) is 40.6 Å².